The molecule has 0 aliphatic carbocycles. The van der Waals surface area contributed by atoms with Crippen molar-refractivity contribution < 1.29 is 13.9 Å². The highest BCUT2D eigenvalue weighted by Gasteiger charge is 2.33. The van der Waals surface area contributed by atoms with Crippen LogP contribution in [0.4, 0.5) is 5.69 Å². The Bertz CT molecular complexity index is 1790. The van der Waals surface area contributed by atoms with Gasteiger partial charge in [-0.05, 0) is 90.5 Å². The molecule has 0 radical (unpaired) electrons. The van der Waals surface area contributed by atoms with Gasteiger partial charge in [0.2, 0.25) is 0 Å². The van der Waals surface area contributed by atoms with Crippen LogP contribution in [0.1, 0.15) is 16.9 Å². The molecule has 1 aliphatic heterocycles. The highest BCUT2D eigenvalue weighted by atomic mass is 32.2. The third-order valence-electron chi connectivity index (χ3n) is 6.66. The van der Waals surface area contributed by atoms with Gasteiger partial charge in [0.15, 0.2) is 5.17 Å². The molecule has 40 heavy (non-hydrogen) atoms. The fourth-order valence-electron chi connectivity index (χ4n) is 4.55. The summed E-state index contributed by atoms with van der Waals surface area (Å²) in [6.07, 6.45) is 4.44. The fourth-order valence-corrected chi connectivity index (χ4v) is 5.55. The van der Waals surface area contributed by atoms with Crippen LogP contribution in [0.3, 0.4) is 0 Å². The Balaban J connectivity index is 1.28. The summed E-state index contributed by atoms with van der Waals surface area (Å²) >= 11 is 1.33. The van der Waals surface area contributed by atoms with Crippen molar-refractivity contribution in [1.82, 2.24) is 9.88 Å². The molecule has 1 saturated heterocycles. The summed E-state index contributed by atoms with van der Waals surface area (Å²) < 4.78 is 11.3. The summed E-state index contributed by atoms with van der Waals surface area (Å²) in [7, 11) is 1.62. The van der Waals surface area contributed by atoms with Gasteiger partial charge in [0.1, 0.15) is 17.3 Å². The van der Waals surface area contributed by atoms with Crippen LogP contribution in [-0.4, -0.2) is 34.6 Å². The molecule has 0 bridgehead atoms. The second kappa shape index (κ2) is 11.0. The van der Waals surface area contributed by atoms with E-state index < -0.39 is 0 Å². The maximum absolute atomic E-state index is 13.6. The Hall–Kier alpha value is -5.00. The predicted octanol–water partition coefficient (Wildman–Crippen LogP) is 7.15. The van der Waals surface area contributed by atoms with E-state index in [0.717, 1.165) is 33.5 Å². The Morgan fingerprint density at radius 1 is 1.05 bits per heavy atom. The van der Waals surface area contributed by atoms with Crippen molar-refractivity contribution in [1.29, 1.82) is 5.26 Å². The highest BCUT2D eigenvalue weighted by molar-refractivity contribution is 8.18. The number of ether oxygens (including phenoxy) is 1. The van der Waals surface area contributed by atoms with E-state index in [1.54, 1.807) is 30.2 Å². The average molecular weight is 545 g/mol. The van der Waals surface area contributed by atoms with Crippen molar-refractivity contribution >= 4 is 45.5 Å². The van der Waals surface area contributed by atoms with Crippen molar-refractivity contribution in [3.8, 4) is 23.1 Å². The molecule has 0 saturated carbocycles. The van der Waals surface area contributed by atoms with E-state index in [9.17, 15) is 4.79 Å². The number of hydrogen-bond donors (Lipinski definition) is 1. The molecule has 0 spiro atoms. The number of benzene rings is 3. The van der Waals surface area contributed by atoms with Gasteiger partial charge in [-0.25, -0.2) is 4.99 Å². The predicted molar refractivity (Wildman–Crippen MR) is 158 cm³/mol. The first-order chi connectivity index (χ1) is 19.6. The third-order valence-corrected chi connectivity index (χ3v) is 7.67. The van der Waals surface area contributed by atoms with Gasteiger partial charge in [-0.2, -0.15) is 5.26 Å². The summed E-state index contributed by atoms with van der Waals surface area (Å²) in [5.74, 6) is 1.85. The van der Waals surface area contributed by atoms with Crippen LogP contribution in [0.15, 0.2) is 105 Å². The van der Waals surface area contributed by atoms with Crippen LogP contribution in [0, 0.1) is 11.3 Å². The zero-order chi connectivity index (χ0) is 27.5. The van der Waals surface area contributed by atoms with Gasteiger partial charge in [-0.3, -0.25) is 9.69 Å². The van der Waals surface area contributed by atoms with E-state index >= 15 is 0 Å². The van der Waals surface area contributed by atoms with Crippen molar-refractivity contribution in [3.05, 3.63) is 113 Å². The Morgan fingerprint density at radius 2 is 1.85 bits per heavy atom. The molecule has 8 heteroatoms. The van der Waals surface area contributed by atoms with Crippen molar-refractivity contribution in [2.75, 3.05) is 13.7 Å². The molecule has 1 aliphatic rings. The molecular formula is C32H24N4O3S. The minimum absolute atomic E-state index is 0.117. The molecule has 0 unspecified atom stereocenters. The fraction of sp³-hybridized carbons (Fsp3) is 0.0938. The van der Waals surface area contributed by atoms with E-state index in [0.29, 0.717) is 40.1 Å². The summed E-state index contributed by atoms with van der Waals surface area (Å²) in [5.41, 5.74) is 4.39. The number of aliphatic imine (C=N–C) groups is 1. The number of methoxy groups -OCH3 is 1. The number of nitrogens with one attached hydrogen (secondary N) is 1. The third kappa shape index (κ3) is 5.15. The lowest BCUT2D eigenvalue weighted by Gasteiger charge is -2.15. The minimum atomic E-state index is -0.117. The normalized spacial score (nSPS) is 15.3. The monoisotopic (exact) mass is 544 g/mol. The largest absolute Gasteiger partial charge is 0.497 e. The zero-order valence-electron chi connectivity index (χ0n) is 21.6. The molecule has 0 atom stereocenters. The van der Waals surface area contributed by atoms with E-state index in [1.807, 2.05) is 72.9 Å². The lowest BCUT2D eigenvalue weighted by atomic mass is 10.1. The molecule has 1 amide bonds. The SMILES string of the molecule is COc1ccc(N=C2S/C(=C/c3ccc(-c4ccc(C#N)cc4)o3)C(=O)N2CCc2c[nH]c3ccccc23)cc1. The molecule has 6 rings (SSSR count). The number of fused-ring (bicyclic) bond motifs is 1. The molecule has 1 N–H and O–H groups in total. The van der Waals surface area contributed by atoms with E-state index in [4.69, 9.17) is 19.4 Å². The molecule has 3 aromatic carbocycles. The number of H-pyrrole nitrogens is 1. The average Bonchev–Trinajstić information content (AvgIpc) is 3.71. The van der Waals surface area contributed by atoms with Crippen molar-refractivity contribution in [2.45, 2.75) is 6.42 Å². The van der Waals surface area contributed by atoms with Crippen molar-refractivity contribution in [2.24, 2.45) is 4.99 Å². The number of aromatic amines is 1. The number of thioether (sulfide) groups is 1. The van der Waals surface area contributed by atoms with Gasteiger partial charge in [-0.1, -0.05) is 18.2 Å². The topological polar surface area (TPSA) is 94.6 Å². The van der Waals surface area contributed by atoms with Crippen LogP contribution in [0.25, 0.3) is 28.3 Å². The summed E-state index contributed by atoms with van der Waals surface area (Å²) in [6.45, 7) is 0.481. The number of nitriles is 1. The van der Waals surface area contributed by atoms with Crippen LogP contribution in [0.2, 0.25) is 0 Å². The van der Waals surface area contributed by atoms with Crippen LogP contribution >= 0.6 is 11.8 Å². The number of furan rings is 1. The molecule has 2 aromatic heterocycles. The second-order valence-electron chi connectivity index (χ2n) is 9.16. The molecule has 196 valence electrons. The maximum atomic E-state index is 13.6. The van der Waals surface area contributed by atoms with Crippen LogP contribution < -0.4 is 4.74 Å². The number of para-hydroxylation sites is 1. The number of carbonyl (C=O) groups excluding carboxylic acids is 1. The first kappa shape index (κ1) is 25.3. The Morgan fingerprint density at radius 3 is 2.62 bits per heavy atom. The summed E-state index contributed by atoms with van der Waals surface area (Å²) in [6, 6.07) is 28.6. The van der Waals surface area contributed by atoms with E-state index in [-0.39, 0.29) is 5.91 Å². The number of rotatable bonds is 7. The minimum Gasteiger partial charge on any atom is -0.497 e. The molecule has 7 nitrogen and oxygen atoms in total. The van der Waals surface area contributed by atoms with Gasteiger partial charge in [0.25, 0.3) is 5.91 Å². The van der Waals surface area contributed by atoms with Gasteiger partial charge in [0, 0.05) is 35.3 Å². The zero-order valence-corrected chi connectivity index (χ0v) is 22.4. The first-order valence-corrected chi connectivity index (χ1v) is 13.5. The lowest BCUT2D eigenvalue weighted by molar-refractivity contribution is -0.122. The summed E-state index contributed by atoms with van der Waals surface area (Å²) in [4.78, 5) is 24.0. The molecular weight excluding hydrogens is 520 g/mol. The highest BCUT2D eigenvalue weighted by Crippen LogP contribution is 2.36. The van der Waals surface area contributed by atoms with Gasteiger partial charge in [-0.15, -0.1) is 0 Å². The molecule has 3 heterocycles. The van der Waals surface area contributed by atoms with Crippen LogP contribution in [-0.2, 0) is 11.2 Å². The Kier molecular flexibility index (Phi) is 6.96. The standard InChI is InChI=1S/C32H24N4O3S/c1-38-25-12-10-24(11-13-25)35-32-36(17-16-23-20-34-28-5-3-2-4-27(23)28)31(37)30(40-32)18-26-14-15-29(39-26)22-8-6-21(19-33)7-9-22/h2-15,18,20,34H,16-17H2,1H3/b30-18+,35-32?. The lowest BCUT2D eigenvalue weighted by Crippen LogP contribution is -2.31. The molecule has 1 fully saturated rings. The van der Waals surface area contributed by atoms with E-state index in [1.165, 1.54) is 11.8 Å². The number of nitrogens with zero attached hydrogens (tertiary/aromatic N) is 3. The van der Waals surface area contributed by atoms with Gasteiger partial charge >= 0.3 is 0 Å². The first-order valence-electron chi connectivity index (χ1n) is 12.7. The number of amides is 1. The Labute approximate surface area is 235 Å². The molecule has 5 aromatic rings. The number of hydrogen-bond acceptors (Lipinski definition) is 6. The van der Waals surface area contributed by atoms with Crippen molar-refractivity contribution in [3.63, 3.8) is 0 Å². The van der Waals surface area contributed by atoms with Crippen LogP contribution in [0.5, 0.6) is 5.75 Å². The maximum Gasteiger partial charge on any atom is 0.266 e. The number of amidine groups is 1. The quantitative estimate of drug-likeness (QED) is 0.220. The van der Waals surface area contributed by atoms with E-state index in [2.05, 4.69) is 17.1 Å². The van der Waals surface area contributed by atoms with Gasteiger partial charge in [0.05, 0.1) is 29.3 Å². The smallest absolute Gasteiger partial charge is 0.266 e. The number of carbonyl (C=O) groups is 1. The van der Waals surface area contributed by atoms with Gasteiger partial charge < -0.3 is 14.1 Å². The number of aromatic nitrogens is 1. The second-order valence-corrected chi connectivity index (χ2v) is 10.2. The summed E-state index contributed by atoms with van der Waals surface area (Å²) in [5, 5.41) is 10.8.